The molecule has 336 valence electrons. The summed E-state index contributed by atoms with van der Waals surface area (Å²) in [5.41, 5.74) is 9.34. The van der Waals surface area contributed by atoms with E-state index in [9.17, 15) is 0 Å². The van der Waals surface area contributed by atoms with Crippen molar-refractivity contribution in [2.75, 3.05) is 9.80 Å². The van der Waals surface area contributed by atoms with Crippen molar-refractivity contribution in [1.29, 1.82) is 0 Å². The van der Waals surface area contributed by atoms with Gasteiger partial charge in [-0.1, -0.05) is 156 Å². The van der Waals surface area contributed by atoms with Crippen LogP contribution in [0.15, 0.2) is 103 Å². The largest absolute Gasteiger partial charge is 0.507 e. The van der Waals surface area contributed by atoms with Crippen molar-refractivity contribution in [1.82, 2.24) is 14.5 Å². The van der Waals surface area contributed by atoms with Gasteiger partial charge in [0.15, 0.2) is 0 Å². The van der Waals surface area contributed by atoms with Crippen molar-refractivity contribution in [3.05, 3.63) is 139 Å². The molecule has 0 saturated carbocycles. The average molecular weight is 1040 g/mol. The quantitative estimate of drug-likeness (QED) is 0.120. The van der Waals surface area contributed by atoms with E-state index in [-0.39, 0.29) is 42.5 Å². The fourth-order valence-electron chi connectivity index (χ4n) is 8.47. The Hall–Kier alpha value is -4.86. The van der Waals surface area contributed by atoms with E-state index in [4.69, 9.17) is 28.4 Å². The normalized spacial score (nSPS) is 14.9. The third kappa shape index (κ3) is 8.92. The van der Waals surface area contributed by atoms with Crippen molar-refractivity contribution in [3.8, 4) is 17.3 Å². The molecule has 0 aliphatic carbocycles. The Kier molecular flexibility index (Phi) is 12.3. The Morgan fingerprint density at radius 1 is 0.662 bits per heavy atom. The average Bonchev–Trinajstić information content (AvgIpc) is 3.79. The molecule has 65 heavy (non-hydrogen) atoms. The van der Waals surface area contributed by atoms with Gasteiger partial charge in [0.05, 0.1) is 0 Å². The molecule has 0 spiro atoms. The third-order valence-electron chi connectivity index (χ3n) is 12.0. The molecule has 0 unspecified atom stereocenters. The summed E-state index contributed by atoms with van der Waals surface area (Å²) < 4.78 is 28.9. The second-order valence-corrected chi connectivity index (χ2v) is 21.3. The molecule has 4 aromatic carbocycles. The molecule has 1 fully saturated rings. The number of aromatic nitrogens is 3. The van der Waals surface area contributed by atoms with E-state index < -0.39 is 21.4 Å². The Bertz CT molecular complexity index is 2870. The Morgan fingerprint density at radius 3 is 1.98 bits per heavy atom. The number of ether oxygens (including phenoxy) is 1. The van der Waals surface area contributed by atoms with Gasteiger partial charge >= 0.3 is 21.4 Å². The first-order chi connectivity index (χ1) is 30.2. The number of nitrogens with zero attached hydrogens (tertiary/aromatic N) is 5. The summed E-state index contributed by atoms with van der Waals surface area (Å²) in [6, 6.07) is 38.8. The fraction of sp³-hybridized carbons (Fsp3) is 0.327. The van der Waals surface area contributed by atoms with Crippen molar-refractivity contribution in [2.24, 2.45) is 0 Å². The molecule has 2 aliphatic rings. The van der Waals surface area contributed by atoms with Gasteiger partial charge in [0.1, 0.15) is 5.82 Å². The fourth-order valence-corrected chi connectivity index (χ4v) is 8.47. The standard InChI is InChI=1S/C52H57B3N5O4.Pt/c1-34-46(61-37-25-26-39-38-19-14-15-22-42(38)60(45(39)31-37)47-29-35(27-28-56-47)49(2,3)4)30-36(32-57-34)58-33-59(44-24-17-16-23-43(44)58)48-40(50(5,6)7)20-18-21-41(48)53-62-54(51(8,9)10)64-55(63-53)52(11,12)13;/h14-29,32-33H,1-13H3;/q-3;. The maximum Gasteiger partial charge on any atom is 0.468 e. The zero-order valence-corrected chi connectivity index (χ0v) is 42.1. The molecule has 1 saturated heterocycles. The van der Waals surface area contributed by atoms with E-state index in [1.54, 1.807) is 0 Å². The van der Waals surface area contributed by atoms with Gasteiger partial charge in [0.2, 0.25) is 0 Å². The molecule has 9 rings (SSSR count). The van der Waals surface area contributed by atoms with Crippen LogP contribution in [-0.2, 0) is 45.6 Å². The number of hydrogen-bond donors (Lipinski definition) is 0. The van der Waals surface area contributed by atoms with Crippen LogP contribution in [-0.4, -0.2) is 35.9 Å². The number of fused-ring (bicyclic) bond motifs is 4. The summed E-state index contributed by atoms with van der Waals surface area (Å²) in [5, 5.41) is 1.61. The van der Waals surface area contributed by atoms with Gasteiger partial charge in [-0.2, -0.15) is 6.07 Å². The van der Waals surface area contributed by atoms with Crippen LogP contribution in [0.25, 0.3) is 27.6 Å². The zero-order chi connectivity index (χ0) is 45.5. The van der Waals surface area contributed by atoms with E-state index in [0.29, 0.717) is 17.2 Å². The number of benzene rings is 4. The molecule has 0 amide bonds. The van der Waals surface area contributed by atoms with E-state index >= 15 is 0 Å². The maximum absolute atomic E-state index is 6.77. The second-order valence-electron chi connectivity index (χ2n) is 21.3. The van der Waals surface area contributed by atoms with E-state index in [1.807, 2.05) is 25.4 Å². The Morgan fingerprint density at radius 2 is 1.32 bits per heavy atom. The molecular formula is C52H57B3N5O4Pt-3. The van der Waals surface area contributed by atoms with Crippen molar-refractivity contribution >= 4 is 71.4 Å². The molecule has 0 atom stereocenters. The molecular weight excluding hydrogens is 986 g/mol. The number of anilines is 4. The first-order valence-electron chi connectivity index (χ1n) is 22.3. The van der Waals surface area contributed by atoms with Crippen LogP contribution in [0.2, 0.25) is 10.6 Å². The summed E-state index contributed by atoms with van der Waals surface area (Å²) in [6.45, 7) is 30.3. The summed E-state index contributed by atoms with van der Waals surface area (Å²) >= 11 is 0. The van der Waals surface area contributed by atoms with Gasteiger partial charge in [-0.25, -0.2) is 4.98 Å². The van der Waals surface area contributed by atoms with Crippen molar-refractivity contribution in [3.63, 3.8) is 0 Å². The van der Waals surface area contributed by atoms with Gasteiger partial charge in [-0.15, -0.1) is 30.3 Å². The molecule has 0 bridgehead atoms. The van der Waals surface area contributed by atoms with Crippen LogP contribution < -0.4 is 20.0 Å². The number of para-hydroxylation sites is 4. The summed E-state index contributed by atoms with van der Waals surface area (Å²) in [6.07, 6.45) is 3.74. The monoisotopic (exact) mass is 1040 g/mol. The van der Waals surface area contributed by atoms with Crippen LogP contribution >= 0.6 is 0 Å². The molecule has 3 aromatic heterocycles. The Balaban J connectivity index is 0.00000576. The molecule has 0 radical (unpaired) electrons. The van der Waals surface area contributed by atoms with E-state index in [1.165, 1.54) is 5.56 Å². The van der Waals surface area contributed by atoms with Gasteiger partial charge in [-0.05, 0) is 74.0 Å². The van der Waals surface area contributed by atoms with Crippen LogP contribution in [0.1, 0.15) is 99.9 Å². The van der Waals surface area contributed by atoms with E-state index in [2.05, 4.69) is 201 Å². The van der Waals surface area contributed by atoms with Gasteiger partial charge in [0.25, 0.3) is 0 Å². The first-order valence-corrected chi connectivity index (χ1v) is 22.3. The number of hydrogen-bond acceptors (Lipinski definition) is 8. The SMILES string of the molecule is Cc1ncc(N2[CH-]N(c3c(B4OB(C(C)(C)C)OB(C(C)(C)C)O4)cccc3C(C)(C)C)c3ccccc32)[c-]c1Oc1[c-]c2c(cc1)c1ccccc1n2-c1cc(C(C)(C)C)ccn1.[Pt]. The molecule has 2 aliphatic heterocycles. The van der Waals surface area contributed by atoms with Crippen LogP contribution in [0.5, 0.6) is 11.5 Å². The van der Waals surface area contributed by atoms with Gasteiger partial charge in [-0.3, -0.25) is 0 Å². The minimum Gasteiger partial charge on any atom is -0.507 e. The third-order valence-corrected chi connectivity index (χ3v) is 12.0. The van der Waals surface area contributed by atoms with Crippen LogP contribution in [0.3, 0.4) is 0 Å². The molecule has 9 nitrogen and oxygen atoms in total. The predicted octanol–water partition coefficient (Wildman–Crippen LogP) is 12.6. The summed E-state index contributed by atoms with van der Waals surface area (Å²) in [4.78, 5) is 14.1. The maximum atomic E-state index is 6.77. The van der Waals surface area contributed by atoms with Crippen LogP contribution in [0.4, 0.5) is 22.7 Å². The summed E-state index contributed by atoms with van der Waals surface area (Å²) in [7, 11) is -1.67. The summed E-state index contributed by atoms with van der Waals surface area (Å²) in [5.74, 6) is 1.89. The topological polar surface area (TPSA) is 74.1 Å². The zero-order valence-electron chi connectivity index (χ0n) is 39.8. The number of rotatable bonds is 6. The minimum atomic E-state index is -0.688. The molecule has 7 aromatic rings. The molecule has 0 N–H and O–H groups in total. The van der Waals surface area contributed by atoms with Gasteiger partial charge < -0.3 is 37.8 Å². The van der Waals surface area contributed by atoms with Crippen molar-refractivity contribution in [2.45, 2.75) is 111 Å². The molecule has 5 heterocycles. The number of pyridine rings is 2. The Labute approximate surface area is 400 Å². The first kappa shape index (κ1) is 46.7. The smallest absolute Gasteiger partial charge is 0.468 e. The van der Waals surface area contributed by atoms with Gasteiger partial charge in [0, 0.05) is 66.8 Å². The van der Waals surface area contributed by atoms with Crippen LogP contribution in [0, 0.1) is 25.7 Å². The van der Waals surface area contributed by atoms with Crippen molar-refractivity contribution < 1.29 is 39.5 Å². The number of aryl methyl sites for hydroxylation is 1. The predicted molar refractivity (Wildman–Crippen MR) is 264 cm³/mol. The minimum absolute atomic E-state index is 0. The molecule has 13 heteroatoms. The van der Waals surface area contributed by atoms with E-state index in [0.717, 1.165) is 61.4 Å². The second kappa shape index (κ2) is 17.1.